The molecule has 30 heavy (non-hydrogen) atoms. The van der Waals surface area contributed by atoms with Crippen LogP contribution < -0.4 is 9.47 Å². The number of hydrogen-bond donors (Lipinski definition) is 1. The lowest BCUT2D eigenvalue weighted by atomic mass is 9.81. The van der Waals surface area contributed by atoms with Gasteiger partial charge in [-0.15, -0.1) is 0 Å². The van der Waals surface area contributed by atoms with Crippen LogP contribution in [0.15, 0.2) is 67.0 Å². The molecule has 0 saturated heterocycles. The van der Waals surface area contributed by atoms with E-state index in [0.717, 1.165) is 35.1 Å². The van der Waals surface area contributed by atoms with E-state index in [9.17, 15) is 5.11 Å². The van der Waals surface area contributed by atoms with Gasteiger partial charge in [-0.1, -0.05) is 35.9 Å². The van der Waals surface area contributed by atoms with Crippen molar-refractivity contribution in [3.63, 3.8) is 0 Å². The van der Waals surface area contributed by atoms with Crippen LogP contribution in [0.1, 0.15) is 47.9 Å². The van der Waals surface area contributed by atoms with Crippen LogP contribution in [0.5, 0.6) is 11.5 Å². The summed E-state index contributed by atoms with van der Waals surface area (Å²) in [4.78, 5) is 4.11. The van der Waals surface area contributed by atoms with Gasteiger partial charge in [0.1, 0.15) is 5.60 Å². The zero-order chi connectivity index (χ0) is 21.0. The Balaban J connectivity index is 1.76. The Morgan fingerprint density at radius 3 is 2.27 bits per heavy atom. The van der Waals surface area contributed by atoms with E-state index >= 15 is 0 Å². The molecule has 0 radical (unpaired) electrons. The number of methoxy groups -OCH3 is 1. The van der Waals surface area contributed by atoms with Crippen LogP contribution in [-0.4, -0.2) is 23.3 Å². The zero-order valence-corrected chi connectivity index (χ0v) is 17.7. The molecule has 1 N–H and O–H groups in total. The average Bonchev–Trinajstić information content (AvgIpc) is 3.28. The Morgan fingerprint density at radius 2 is 1.60 bits per heavy atom. The normalized spacial score (nSPS) is 16.2. The maximum Gasteiger partial charge on any atom is 0.161 e. The molecule has 4 heteroatoms. The third-order valence-corrected chi connectivity index (χ3v) is 5.98. The van der Waals surface area contributed by atoms with E-state index in [1.165, 1.54) is 12.8 Å². The first-order chi connectivity index (χ1) is 14.6. The van der Waals surface area contributed by atoms with Crippen LogP contribution in [-0.2, 0) is 12.0 Å². The van der Waals surface area contributed by atoms with Gasteiger partial charge in [0.15, 0.2) is 11.5 Å². The van der Waals surface area contributed by atoms with Crippen LogP contribution >= 0.6 is 0 Å². The van der Waals surface area contributed by atoms with Gasteiger partial charge in [0.25, 0.3) is 0 Å². The van der Waals surface area contributed by atoms with E-state index in [2.05, 4.69) is 4.98 Å². The summed E-state index contributed by atoms with van der Waals surface area (Å²) in [5.74, 6) is 1.39. The van der Waals surface area contributed by atoms with Crippen LogP contribution in [0.4, 0.5) is 0 Å². The number of aryl methyl sites for hydroxylation is 1. The largest absolute Gasteiger partial charge is 0.493 e. The summed E-state index contributed by atoms with van der Waals surface area (Å²) >= 11 is 0. The molecule has 1 unspecified atom stereocenters. The van der Waals surface area contributed by atoms with Crippen LogP contribution in [0.25, 0.3) is 0 Å². The predicted molar refractivity (Wildman–Crippen MR) is 118 cm³/mol. The lowest BCUT2D eigenvalue weighted by molar-refractivity contribution is 0.0803. The second-order valence-electron chi connectivity index (χ2n) is 8.15. The van der Waals surface area contributed by atoms with Crippen LogP contribution in [0, 0.1) is 6.92 Å². The molecular weight excluding hydrogens is 374 g/mol. The summed E-state index contributed by atoms with van der Waals surface area (Å²) in [6.07, 6.45) is 8.68. The molecule has 1 heterocycles. The number of hydrogen-bond acceptors (Lipinski definition) is 4. The lowest BCUT2D eigenvalue weighted by Crippen LogP contribution is -2.30. The minimum Gasteiger partial charge on any atom is -0.493 e. The van der Waals surface area contributed by atoms with Crippen LogP contribution in [0.2, 0.25) is 0 Å². The monoisotopic (exact) mass is 403 g/mol. The summed E-state index contributed by atoms with van der Waals surface area (Å²) in [5.41, 5.74) is 2.61. The number of rotatable bonds is 7. The van der Waals surface area contributed by atoms with Gasteiger partial charge in [-0.05, 0) is 73.6 Å². The number of aromatic nitrogens is 1. The number of nitrogens with zero attached hydrogens (tertiary/aromatic N) is 1. The fourth-order valence-corrected chi connectivity index (χ4v) is 4.21. The molecular formula is C26H29NO3. The average molecular weight is 404 g/mol. The van der Waals surface area contributed by atoms with Crippen molar-refractivity contribution in [1.82, 2.24) is 4.98 Å². The van der Waals surface area contributed by atoms with Crippen molar-refractivity contribution in [2.24, 2.45) is 0 Å². The minimum atomic E-state index is -1.20. The summed E-state index contributed by atoms with van der Waals surface area (Å²) in [6, 6.07) is 17.7. The topological polar surface area (TPSA) is 51.6 Å². The summed E-state index contributed by atoms with van der Waals surface area (Å²) in [7, 11) is 1.65. The number of benzene rings is 2. The van der Waals surface area contributed by atoms with Crippen molar-refractivity contribution in [2.75, 3.05) is 7.11 Å². The fraction of sp³-hybridized carbons (Fsp3) is 0.346. The molecule has 156 valence electrons. The van der Waals surface area contributed by atoms with Crippen molar-refractivity contribution >= 4 is 0 Å². The predicted octanol–water partition coefficient (Wildman–Crippen LogP) is 5.20. The molecule has 1 aliphatic carbocycles. The molecule has 4 rings (SSSR count). The third kappa shape index (κ3) is 4.34. The van der Waals surface area contributed by atoms with Gasteiger partial charge >= 0.3 is 0 Å². The lowest BCUT2D eigenvalue weighted by Gasteiger charge is -2.31. The molecule has 4 nitrogen and oxygen atoms in total. The number of ether oxygens (including phenoxy) is 2. The first-order valence-corrected chi connectivity index (χ1v) is 10.6. The molecule has 3 aromatic rings. The van der Waals surface area contributed by atoms with E-state index in [4.69, 9.17) is 9.47 Å². The molecule has 1 fully saturated rings. The highest BCUT2D eigenvalue weighted by Crippen LogP contribution is 2.39. The highest BCUT2D eigenvalue weighted by atomic mass is 16.5. The van der Waals surface area contributed by atoms with Crippen LogP contribution in [0.3, 0.4) is 0 Å². The summed E-state index contributed by atoms with van der Waals surface area (Å²) in [5, 5.41) is 12.0. The summed E-state index contributed by atoms with van der Waals surface area (Å²) in [6.45, 7) is 2.05. The molecule has 0 bridgehead atoms. The first kappa shape index (κ1) is 20.4. The van der Waals surface area contributed by atoms with Crippen molar-refractivity contribution < 1.29 is 14.6 Å². The maximum absolute atomic E-state index is 12.0. The molecule has 1 aliphatic rings. The Labute approximate surface area is 178 Å². The van der Waals surface area contributed by atoms with E-state index < -0.39 is 5.60 Å². The van der Waals surface area contributed by atoms with Gasteiger partial charge in [0.2, 0.25) is 0 Å². The molecule has 0 aliphatic heterocycles. The van der Waals surface area contributed by atoms with Crippen molar-refractivity contribution in [1.29, 1.82) is 0 Å². The van der Waals surface area contributed by atoms with Crippen molar-refractivity contribution in [2.45, 2.75) is 50.7 Å². The van der Waals surface area contributed by atoms with E-state index in [1.807, 2.05) is 61.5 Å². The zero-order valence-electron chi connectivity index (χ0n) is 17.7. The van der Waals surface area contributed by atoms with Gasteiger partial charge in [-0.3, -0.25) is 4.98 Å². The SMILES string of the molecule is COc1ccc(C(O)(Cc2ccncc2)c2ccc(C)cc2)cc1OC1CCCC1. The molecule has 1 saturated carbocycles. The van der Waals surface area contributed by atoms with Gasteiger partial charge < -0.3 is 14.6 Å². The second kappa shape index (κ2) is 8.88. The molecule has 0 spiro atoms. The fourth-order valence-electron chi connectivity index (χ4n) is 4.21. The smallest absolute Gasteiger partial charge is 0.161 e. The Morgan fingerprint density at radius 1 is 0.933 bits per heavy atom. The van der Waals surface area contributed by atoms with Gasteiger partial charge in [0, 0.05) is 18.8 Å². The third-order valence-electron chi connectivity index (χ3n) is 5.98. The molecule has 1 aromatic heterocycles. The first-order valence-electron chi connectivity index (χ1n) is 10.6. The Bertz CT molecular complexity index is 965. The van der Waals surface area contributed by atoms with Gasteiger partial charge in [0.05, 0.1) is 13.2 Å². The van der Waals surface area contributed by atoms with E-state index in [-0.39, 0.29) is 6.10 Å². The van der Waals surface area contributed by atoms with Gasteiger partial charge in [-0.25, -0.2) is 0 Å². The minimum absolute atomic E-state index is 0.210. The quantitative estimate of drug-likeness (QED) is 0.589. The van der Waals surface area contributed by atoms with E-state index in [1.54, 1.807) is 19.5 Å². The second-order valence-corrected chi connectivity index (χ2v) is 8.15. The standard InChI is InChI=1S/C26H29NO3/c1-19-7-9-21(10-8-19)26(28,18-20-13-15-27-16-14-20)22-11-12-24(29-2)25(17-22)30-23-5-3-4-6-23/h7-17,23,28H,3-6,18H2,1-2H3. The van der Waals surface area contributed by atoms with Crippen molar-refractivity contribution in [3.05, 3.63) is 89.2 Å². The maximum atomic E-state index is 12.0. The number of aliphatic hydroxyl groups is 1. The Kier molecular flexibility index (Phi) is 6.05. The Hall–Kier alpha value is -2.85. The highest BCUT2D eigenvalue weighted by Gasteiger charge is 2.33. The molecule has 1 atom stereocenters. The van der Waals surface area contributed by atoms with Gasteiger partial charge in [-0.2, -0.15) is 0 Å². The van der Waals surface area contributed by atoms with E-state index in [0.29, 0.717) is 17.9 Å². The van der Waals surface area contributed by atoms with Crippen molar-refractivity contribution in [3.8, 4) is 11.5 Å². The summed E-state index contributed by atoms with van der Waals surface area (Å²) < 4.78 is 11.8. The molecule has 0 amide bonds. The highest BCUT2D eigenvalue weighted by molar-refractivity contribution is 5.48. The molecule has 2 aromatic carbocycles. The number of pyridine rings is 1.